The maximum atomic E-state index is 12.5. The number of amides is 1. The van der Waals surface area contributed by atoms with E-state index < -0.39 is 0 Å². The number of hydrogen-bond acceptors (Lipinski definition) is 4. The molecule has 0 fully saturated rings. The fourth-order valence-corrected chi connectivity index (χ4v) is 2.81. The third kappa shape index (κ3) is 4.32. The third-order valence-electron chi connectivity index (χ3n) is 4.20. The fourth-order valence-electron chi connectivity index (χ4n) is 2.81. The molecule has 0 saturated carbocycles. The Kier molecular flexibility index (Phi) is 5.83. The number of hydrogen-bond donors (Lipinski definition) is 2. The summed E-state index contributed by atoms with van der Waals surface area (Å²) in [5, 5.41) is 6.04. The molecule has 3 rings (SSSR count). The van der Waals surface area contributed by atoms with Gasteiger partial charge in [0, 0.05) is 24.3 Å². The van der Waals surface area contributed by atoms with Gasteiger partial charge in [0.2, 0.25) is 5.91 Å². The zero-order valence-corrected chi connectivity index (χ0v) is 15.0. The first-order chi connectivity index (χ1) is 13.1. The molecular formula is C20H21N3O4. The molecule has 2 aromatic carbocycles. The lowest BCUT2D eigenvalue weighted by Crippen LogP contribution is -2.31. The first-order valence-electron chi connectivity index (χ1n) is 8.77. The van der Waals surface area contributed by atoms with Gasteiger partial charge in [0.05, 0.1) is 23.9 Å². The van der Waals surface area contributed by atoms with Crippen molar-refractivity contribution in [1.82, 2.24) is 9.78 Å². The minimum atomic E-state index is -0.354. The Morgan fingerprint density at radius 2 is 1.78 bits per heavy atom. The van der Waals surface area contributed by atoms with Gasteiger partial charge in [-0.3, -0.25) is 19.5 Å². The van der Waals surface area contributed by atoms with Crippen molar-refractivity contribution < 1.29 is 9.53 Å². The van der Waals surface area contributed by atoms with E-state index in [0.717, 1.165) is 5.56 Å². The van der Waals surface area contributed by atoms with E-state index in [0.29, 0.717) is 29.7 Å². The number of fused-ring (bicyclic) bond motifs is 1. The quantitative estimate of drug-likeness (QED) is 0.670. The Morgan fingerprint density at radius 1 is 1.07 bits per heavy atom. The molecule has 7 nitrogen and oxygen atoms in total. The van der Waals surface area contributed by atoms with Gasteiger partial charge in [0.1, 0.15) is 0 Å². The van der Waals surface area contributed by atoms with Crippen molar-refractivity contribution in [2.24, 2.45) is 0 Å². The van der Waals surface area contributed by atoms with Crippen LogP contribution in [0, 0.1) is 0 Å². The van der Waals surface area contributed by atoms with Crippen LogP contribution in [0.25, 0.3) is 10.8 Å². The monoisotopic (exact) mass is 367 g/mol. The van der Waals surface area contributed by atoms with Gasteiger partial charge < -0.3 is 10.1 Å². The van der Waals surface area contributed by atoms with E-state index in [9.17, 15) is 14.4 Å². The highest BCUT2D eigenvalue weighted by Crippen LogP contribution is 2.16. The number of para-hydroxylation sites is 1. The summed E-state index contributed by atoms with van der Waals surface area (Å²) >= 11 is 0. The molecule has 140 valence electrons. The van der Waals surface area contributed by atoms with E-state index in [4.69, 9.17) is 4.74 Å². The van der Waals surface area contributed by atoms with Gasteiger partial charge in [0.25, 0.3) is 11.1 Å². The van der Waals surface area contributed by atoms with Crippen molar-refractivity contribution >= 4 is 22.4 Å². The van der Waals surface area contributed by atoms with Gasteiger partial charge >= 0.3 is 0 Å². The largest absolute Gasteiger partial charge is 0.377 e. The summed E-state index contributed by atoms with van der Waals surface area (Å²) in [5.74, 6) is -0.250. The molecule has 27 heavy (non-hydrogen) atoms. The molecule has 0 aliphatic rings. The molecule has 0 unspecified atom stereocenters. The summed E-state index contributed by atoms with van der Waals surface area (Å²) in [6, 6.07) is 14.0. The molecule has 2 N–H and O–H groups in total. The highest BCUT2D eigenvalue weighted by molar-refractivity contribution is 5.91. The van der Waals surface area contributed by atoms with Crippen molar-refractivity contribution in [2.75, 3.05) is 11.9 Å². The summed E-state index contributed by atoms with van der Waals surface area (Å²) in [4.78, 5) is 36.9. The number of ether oxygens (including phenoxy) is 1. The van der Waals surface area contributed by atoms with Crippen LogP contribution in [-0.4, -0.2) is 22.3 Å². The van der Waals surface area contributed by atoms with Crippen LogP contribution >= 0.6 is 0 Å². The van der Waals surface area contributed by atoms with E-state index in [-0.39, 0.29) is 30.0 Å². The van der Waals surface area contributed by atoms with Crippen LogP contribution in [0.2, 0.25) is 0 Å². The van der Waals surface area contributed by atoms with Crippen molar-refractivity contribution in [2.45, 2.75) is 26.5 Å². The Labute approximate surface area is 155 Å². The molecule has 1 amide bonds. The molecule has 0 aliphatic heterocycles. The molecule has 1 heterocycles. The molecule has 0 radical (unpaired) electrons. The number of benzene rings is 2. The number of nitrogens with one attached hydrogen (secondary N) is 2. The van der Waals surface area contributed by atoms with Crippen LogP contribution in [0.4, 0.5) is 5.69 Å². The SMILES string of the molecule is CCOCc1ccccc1NC(=O)CCn1[nH]c(=O)c2ccccc2c1=O. The Morgan fingerprint density at radius 3 is 2.56 bits per heavy atom. The van der Waals surface area contributed by atoms with Crippen molar-refractivity contribution in [3.8, 4) is 0 Å². The number of nitrogens with zero attached hydrogens (tertiary/aromatic N) is 1. The normalized spacial score (nSPS) is 10.9. The zero-order valence-electron chi connectivity index (χ0n) is 15.0. The summed E-state index contributed by atoms with van der Waals surface area (Å²) in [6.07, 6.45) is 0.0527. The summed E-state index contributed by atoms with van der Waals surface area (Å²) in [6.45, 7) is 2.98. The average Bonchev–Trinajstić information content (AvgIpc) is 2.69. The molecule has 0 spiro atoms. The smallest absolute Gasteiger partial charge is 0.273 e. The predicted molar refractivity (Wildman–Crippen MR) is 104 cm³/mol. The van der Waals surface area contributed by atoms with Gasteiger partial charge in [-0.05, 0) is 25.1 Å². The van der Waals surface area contributed by atoms with E-state index in [1.807, 2.05) is 25.1 Å². The van der Waals surface area contributed by atoms with E-state index in [1.165, 1.54) is 4.68 Å². The van der Waals surface area contributed by atoms with Gasteiger partial charge in [-0.1, -0.05) is 30.3 Å². The average molecular weight is 367 g/mol. The van der Waals surface area contributed by atoms with Gasteiger partial charge in [-0.25, -0.2) is 4.68 Å². The maximum Gasteiger partial charge on any atom is 0.273 e. The Balaban J connectivity index is 1.72. The summed E-state index contributed by atoms with van der Waals surface area (Å²) in [5.41, 5.74) is 0.877. The number of carbonyl (C=O) groups is 1. The standard InChI is InChI=1S/C20H21N3O4/c1-2-27-13-14-7-3-6-10-17(14)21-18(24)11-12-23-20(26)16-9-5-4-8-15(16)19(25)22-23/h3-10H,2,11-13H2,1H3,(H,21,24)(H,22,25). The van der Waals surface area contributed by atoms with E-state index in [1.54, 1.807) is 30.3 Å². The molecule has 3 aromatic rings. The number of rotatable bonds is 7. The van der Waals surface area contributed by atoms with Gasteiger partial charge in [-0.15, -0.1) is 0 Å². The summed E-state index contributed by atoms with van der Waals surface area (Å²) < 4.78 is 6.58. The second-order valence-electron chi connectivity index (χ2n) is 6.04. The third-order valence-corrected chi connectivity index (χ3v) is 4.20. The predicted octanol–water partition coefficient (Wildman–Crippen LogP) is 2.26. The first-order valence-corrected chi connectivity index (χ1v) is 8.77. The van der Waals surface area contributed by atoms with Crippen LogP contribution < -0.4 is 16.4 Å². The molecule has 7 heteroatoms. The molecular weight excluding hydrogens is 346 g/mol. The molecule has 0 atom stereocenters. The number of aromatic amines is 1. The van der Waals surface area contributed by atoms with Gasteiger partial charge in [-0.2, -0.15) is 0 Å². The van der Waals surface area contributed by atoms with Crippen LogP contribution in [0.5, 0.6) is 0 Å². The minimum Gasteiger partial charge on any atom is -0.377 e. The van der Waals surface area contributed by atoms with Crippen LogP contribution in [-0.2, 0) is 22.7 Å². The van der Waals surface area contributed by atoms with Crippen molar-refractivity contribution in [3.05, 3.63) is 74.8 Å². The Hall–Kier alpha value is -3.19. The van der Waals surface area contributed by atoms with Crippen LogP contribution in [0.1, 0.15) is 18.9 Å². The second-order valence-corrected chi connectivity index (χ2v) is 6.04. The topological polar surface area (TPSA) is 93.2 Å². The van der Waals surface area contributed by atoms with E-state index in [2.05, 4.69) is 10.4 Å². The number of aromatic nitrogens is 2. The molecule has 0 aliphatic carbocycles. The van der Waals surface area contributed by atoms with Gasteiger partial charge in [0.15, 0.2) is 0 Å². The van der Waals surface area contributed by atoms with E-state index >= 15 is 0 Å². The zero-order chi connectivity index (χ0) is 19.2. The first kappa shape index (κ1) is 18.6. The lowest BCUT2D eigenvalue weighted by atomic mass is 10.2. The number of anilines is 1. The minimum absolute atomic E-state index is 0.0527. The van der Waals surface area contributed by atoms with Crippen molar-refractivity contribution in [1.29, 1.82) is 0 Å². The van der Waals surface area contributed by atoms with Crippen molar-refractivity contribution in [3.63, 3.8) is 0 Å². The maximum absolute atomic E-state index is 12.5. The second kappa shape index (κ2) is 8.46. The van der Waals surface area contributed by atoms with Crippen LogP contribution in [0.3, 0.4) is 0 Å². The highest BCUT2D eigenvalue weighted by Gasteiger charge is 2.10. The molecule has 1 aromatic heterocycles. The lowest BCUT2D eigenvalue weighted by molar-refractivity contribution is -0.116. The molecule has 0 saturated heterocycles. The number of aryl methyl sites for hydroxylation is 1. The van der Waals surface area contributed by atoms with Crippen LogP contribution in [0.15, 0.2) is 58.1 Å². The Bertz CT molecular complexity index is 1070. The number of carbonyl (C=O) groups excluding carboxylic acids is 1. The lowest BCUT2D eigenvalue weighted by Gasteiger charge is -2.11. The fraction of sp³-hybridized carbons (Fsp3) is 0.250. The highest BCUT2D eigenvalue weighted by atomic mass is 16.5. The summed E-state index contributed by atoms with van der Waals surface area (Å²) in [7, 11) is 0. The number of H-pyrrole nitrogens is 1. The molecule has 0 bridgehead atoms.